The predicted octanol–water partition coefficient (Wildman–Crippen LogP) is -2.40. The molecule has 0 aliphatic carbocycles. The van der Waals surface area contributed by atoms with Gasteiger partial charge in [-0.3, -0.25) is 14.4 Å². The minimum absolute atomic E-state index is 0.123. The zero-order chi connectivity index (χ0) is 16.7. The van der Waals surface area contributed by atoms with Gasteiger partial charge in [0.2, 0.25) is 17.7 Å². The molecule has 0 aromatic carbocycles. The second-order valence-electron chi connectivity index (χ2n) is 4.96. The molecule has 124 valence electrons. The number of primary amides is 1. The monoisotopic (exact) mass is 332 g/mol. The minimum atomic E-state index is -1.26. The normalized spacial score (nSPS) is 20.0. The average Bonchev–Trinajstić information content (AvgIpc) is 2.96. The fourth-order valence-electron chi connectivity index (χ4n) is 2.05. The van der Waals surface area contributed by atoms with Crippen molar-refractivity contribution in [1.82, 2.24) is 16.0 Å². The predicted molar refractivity (Wildman–Crippen MR) is 80.2 cm³/mol. The Morgan fingerprint density at radius 1 is 1.27 bits per heavy atom. The van der Waals surface area contributed by atoms with Crippen molar-refractivity contribution < 1.29 is 24.3 Å². The Bertz CT molecular complexity index is 453. The Balaban J connectivity index is 2.69. The van der Waals surface area contributed by atoms with Crippen molar-refractivity contribution in [3.8, 4) is 0 Å². The van der Waals surface area contributed by atoms with Crippen LogP contribution >= 0.6 is 12.6 Å². The topological polar surface area (TPSA) is 151 Å². The summed E-state index contributed by atoms with van der Waals surface area (Å²) in [5.41, 5.74) is 5.07. The first kappa shape index (κ1) is 18.2. The van der Waals surface area contributed by atoms with Crippen LogP contribution in [0.4, 0.5) is 0 Å². The van der Waals surface area contributed by atoms with Gasteiger partial charge >= 0.3 is 5.97 Å². The Morgan fingerprint density at radius 2 is 1.95 bits per heavy atom. The van der Waals surface area contributed by atoms with Gasteiger partial charge in [0.1, 0.15) is 12.1 Å². The van der Waals surface area contributed by atoms with Crippen LogP contribution in [-0.4, -0.2) is 59.2 Å². The van der Waals surface area contributed by atoms with Crippen molar-refractivity contribution in [3.63, 3.8) is 0 Å². The zero-order valence-electron chi connectivity index (χ0n) is 11.9. The lowest BCUT2D eigenvalue weighted by Crippen LogP contribution is -2.55. The lowest BCUT2D eigenvalue weighted by atomic mass is 10.1. The van der Waals surface area contributed by atoms with Crippen molar-refractivity contribution in [2.24, 2.45) is 5.73 Å². The van der Waals surface area contributed by atoms with Crippen LogP contribution in [0.2, 0.25) is 0 Å². The smallest absolute Gasteiger partial charge is 0.327 e. The molecule has 1 saturated heterocycles. The summed E-state index contributed by atoms with van der Waals surface area (Å²) in [5.74, 6) is -3.37. The van der Waals surface area contributed by atoms with E-state index in [0.29, 0.717) is 13.0 Å². The summed E-state index contributed by atoms with van der Waals surface area (Å²) in [7, 11) is 0. The van der Waals surface area contributed by atoms with Crippen LogP contribution in [0.15, 0.2) is 0 Å². The number of carboxylic acid groups (broad SMARTS) is 1. The quantitative estimate of drug-likeness (QED) is 0.273. The molecule has 3 amide bonds. The molecule has 0 radical (unpaired) electrons. The number of aliphatic carboxylic acids is 1. The average molecular weight is 332 g/mol. The van der Waals surface area contributed by atoms with Crippen molar-refractivity contribution in [2.75, 3.05) is 12.3 Å². The number of amides is 3. The van der Waals surface area contributed by atoms with Gasteiger partial charge in [0.15, 0.2) is 0 Å². The first-order chi connectivity index (χ1) is 10.3. The van der Waals surface area contributed by atoms with Crippen molar-refractivity contribution in [2.45, 2.75) is 37.4 Å². The molecule has 6 N–H and O–H groups in total. The number of thiol groups is 1. The van der Waals surface area contributed by atoms with Crippen LogP contribution < -0.4 is 21.7 Å². The van der Waals surface area contributed by atoms with Gasteiger partial charge in [-0.25, -0.2) is 4.79 Å². The third kappa shape index (κ3) is 5.53. The molecule has 0 unspecified atom stereocenters. The second-order valence-corrected chi connectivity index (χ2v) is 5.33. The van der Waals surface area contributed by atoms with Crippen LogP contribution in [-0.2, 0) is 19.2 Å². The number of carbonyl (C=O) groups excluding carboxylic acids is 3. The van der Waals surface area contributed by atoms with Crippen LogP contribution in [0.25, 0.3) is 0 Å². The highest BCUT2D eigenvalue weighted by Crippen LogP contribution is 2.06. The van der Waals surface area contributed by atoms with Gasteiger partial charge in [-0.05, 0) is 19.4 Å². The van der Waals surface area contributed by atoms with E-state index in [4.69, 9.17) is 10.8 Å². The Morgan fingerprint density at radius 3 is 2.41 bits per heavy atom. The molecule has 22 heavy (non-hydrogen) atoms. The standard InChI is InChI=1S/C12H20N4O5S/c13-9(17)4-7(11(19)16-8(5-22)12(20)21)15-10(18)6-2-1-3-14-6/h6-8,14,22H,1-5H2,(H2,13,17)(H,15,18)(H,16,19)(H,20,21)/t6-,7-,8-/m0/s1. The summed E-state index contributed by atoms with van der Waals surface area (Å²) >= 11 is 3.82. The number of carboxylic acids is 1. The van der Waals surface area contributed by atoms with Crippen LogP contribution in [0.5, 0.6) is 0 Å². The molecule has 1 fully saturated rings. The fraction of sp³-hybridized carbons (Fsp3) is 0.667. The van der Waals surface area contributed by atoms with Gasteiger partial charge in [-0.15, -0.1) is 0 Å². The van der Waals surface area contributed by atoms with Crippen LogP contribution in [0.3, 0.4) is 0 Å². The molecule has 1 heterocycles. The van der Waals surface area contributed by atoms with Gasteiger partial charge in [0.05, 0.1) is 12.5 Å². The largest absolute Gasteiger partial charge is 0.480 e. The summed E-state index contributed by atoms with van der Waals surface area (Å²) in [6.07, 6.45) is 1.06. The van der Waals surface area contributed by atoms with E-state index in [2.05, 4.69) is 28.6 Å². The first-order valence-electron chi connectivity index (χ1n) is 6.81. The van der Waals surface area contributed by atoms with Crippen molar-refractivity contribution in [3.05, 3.63) is 0 Å². The molecule has 0 saturated carbocycles. The third-order valence-corrected chi connectivity index (χ3v) is 3.58. The molecular weight excluding hydrogens is 312 g/mol. The molecule has 1 rings (SSSR count). The van der Waals surface area contributed by atoms with E-state index in [0.717, 1.165) is 6.42 Å². The van der Waals surface area contributed by atoms with Crippen LogP contribution in [0, 0.1) is 0 Å². The van der Waals surface area contributed by atoms with E-state index in [1.54, 1.807) is 0 Å². The van der Waals surface area contributed by atoms with Gasteiger partial charge in [-0.2, -0.15) is 12.6 Å². The summed E-state index contributed by atoms with van der Waals surface area (Å²) in [4.78, 5) is 46.0. The van der Waals surface area contributed by atoms with E-state index >= 15 is 0 Å². The molecule has 10 heteroatoms. The molecule has 0 aromatic heterocycles. The number of hydrogen-bond acceptors (Lipinski definition) is 6. The molecule has 9 nitrogen and oxygen atoms in total. The van der Waals surface area contributed by atoms with E-state index < -0.39 is 48.2 Å². The zero-order valence-corrected chi connectivity index (χ0v) is 12.8. The maximum Gasteiger partial charge on any atom is 0.327 e. The Hall–Kier alpha value is -1.81. The highest BCUT2D eigenvalue weighted by molar-refractivity contribution is 7.80. The lowest BCUT2D eigenvalue weighted by Gasteiger charge is -2.21. The summed E-state index contributed by atoms with van der Waals surface area (Å²) in [5, 5.41) is 16.5. The number of rotatable bonds is 8. The molecule has 1 aliphatic rings. The summed E-state index contributed by atoms with van der Waals surface area (Å²) < 4.78 is 0. The van der Waals surface area contributed by atoms with Crippen molar-refractivity contribution in [1.29, 1.82) is 0 Å². The van der Waals surface area contributed by atoms with Gasteiger partial charge in [0, 0.05) is 5.75 Å². The summed E-state index contributed by atoms with van der Waals surface area (Å²) in [6, 6.07) is -2.86. The van der Waals surface area contributed by atoms with E-state index in [1.165, 1.54) is 0 Å². The highest BCUT2D eigenvalue weighted by Gasteiger charge is 2.30. The molecular formula is C12H20N4O5S. The highest BCUT2D eigenvalue weighted by atomic mass is 32.1. The molecule has 1 aliphatic heterocycles. The first-order valence-corrected chi connectivity index (χ1v) is 7.44. The van der Waals surface area contributed by atoms with E-state index in [1.807, 2.05) is 0 Å². The Kier molecular flexibility index (Phi) is 7.12. The maximum absolute atomic E-state index is 12.1. The van der Waals surface area contributed by atoms with Gasteiger partial charge in [-0.1, -0.05) is 0 Å². The maximum atomic E-state index is 12.1. The molecule has 3 atom stereocenters. The number of carbonyl (C=O) groups is 4. The van der Waals surface area contributed by atoms with Crippen molar-refractivity contribution >= 4 is 36.3 Å². The molecule has 0 bridgehead atoms. The second kappa shape index (κ2) is 8.59. The molecule has 0 aromatic rings. The Labute approximate surface area is 132 Å². The SMILES string of the molecule is NC(=O)C[C@H](NC(=O)[C@@H]1CCCN1)C(=O)N[C@@H](CS)C(=O)O. The number of nitrogens with two attached hydrogens (primary N) is 1. The molecule has 0 spiro atoms. The van der Waals surface area contributed by atoms with Gasteiger partial charge in [0.25, 0.3) is 0 Å². The third-order valence-electron chi connectivity index (χ3n) is 3.21. The lowest BCUT2D eigenvalue weighted by molar-refractivity contribution is -0.141. The minimum Gasteiger partial charge on any atom is -0.480 e. The number of nitrogens with one attached hydrogen (secondary N) is 3. The van der Waals surface area contributed by atoms with E-state index in [9.17, 15) is 19.2 Å². The van der Waals surface area contributed by atoms with E-state index in [-0.39, 0.29) is 5.75 Å². The number of hydrogen-bond donors (Lipinski definition) is 6. The fourth-order valence-corrected chi connectivity index (χ4v) is 2.30. The van der Waals surface area contributed by atoms with Crippen LogP contribution in [0.1, 0.15) is 19.3 Å². The van der Waals surface area contributed by atoms with Gasteiger partial charge < -0.3 is 26.8 Å². The summed E-state index contributed by atoms with van der Waals surface area (Å²) in [6.45, 7) is 0.700.